The van der Waals surface area contributed by atoms with Crippen LogP contribution in [0.3, 0.4) is 0 Å². The second-order valence-electron chi connectivity index (χ2n) is 6.07. The summed E-state index contributed by atoms with van der Waals surface area (Å²) in [6, 6.07) is 16.1. The Balaban J connectivity index is 1.79. The summed E-state index contributed by atoms with van der Waals surface area (Å²) in [6.07, 6.45) is 1.77. The maximum absolute atomic E-state index is 12.7. The van der Waals surface area contributed by atoms with Gasteiger partial charge in [0.2, 0.25) is 0 Å². The molecule has 4 rings (SSSR count). The molecule has 0 aliphatic carbocycles. The number of rotatable bonds is 4. The van der Waals surface area contributed by atoms with Gasteiger partial charge in [-0.15, -0.1) is 0 Å². The summed E-state index contributed by atoms with van der Waals surface area (Å²) in [4.78, 5) is 32.0. The van der Waals surface area contributed by atoms with Gasteiger partial charge in [-0.2, -0.15) is 0 Å². The van der Waals surface area contributed by atoms with Gasteiger partial charge in [0.25, 0.3) is 5.91 Å². The van der Waals surface area contributed by atoms with Crippen molar-refractivity contribution in [2.24, 2.45) is 12.8 Å². The molecule has 3 N–H and O–H groups in total. The molecule has 26 heavy (non-hydrogen) atoms. The SMILES string of the molecule is Cn1cc(C(=O)c2ccccc2)cc1-c1nc2c(C(N)=O)cccc2[nH]1. The van der Waals surface area contributed by atoms with E-state index in [1.165, 1.54) is 0 Å². The quantitative estimate of drug-likeness (QED) is 0.557. The van der Waals surface area contributed by atoms with Crippen molar-refractivity contribution < 1.29 is 9.59 Å². The van der Waals surface area contributed by atoms with Crippen LogP contribution in [0.25, 0.3) is 22.6 Å². The first-order valence-electron chi connectivity index (χ1n) is 8.09. The zero-order chi connectivity index (χ0) is 18.3. The van der Waals surface area contributed by atoms with E-state index in [9.17, 15) is 9.59 Å². The summed E-state index contributed by atoms with van der Waals surface area (Å²) in [7, 11) is 1.85. The summed E-state index contributed by atoms with van der Waals surface area (Å²) in [5, 5.41) is 0. The van der Waals surface area contributed by atoms with Crippen molar-refractivity contribution in [2.75, 3.05) is 0 Å². The van der Waals surface area contributed by atoms with Gasteiger partial charge < -0.3 is 15.3 Å². The third-order valence-corrected chi connectivity index (χ3v) is 4.32. The molecule has 2 aromatic heterocycles. The molecule has 0 atom stereocenters. The molecule has 0 aliphatic rings. The molecule has 2 aromatic carbocycles. The number of H-pyrrole nitrogens is 1. The number of aromatic nitrogens is 3. The van der Waals surface area contributed by atoms with E-state index in [4.69, 9.17) is 5.73 Å². The summed E-state index contributed by atoms with van der Waals surface area (Å²) >= 11 is 0. The molecule has 0 bridgehead atoms. The summed E-state index contributed by atoms with van der Waals surface area (Å²) < 4.78 is 1.83. The Kier molecular flexibility index (Phi) is 3.65. The van der Waals surface area contributed by atoms with Gasteiger partial charge in [-0.05, 0) is 18.2 Å². The number of imidazole rings is 1. The lowest BCUT2D eigenvalue weighted by atomic mass is 10.1. The lowest BCUT2D eigenvalue weighted by Crippen LogP contribution is -2.11. The van der Waals surface area contributed by atoms with Crippen LogP contribution in [0.2, 0.25) is 0 Å². The third kappa shape index (κ3) is 2.57. The van der Waals surface area contributed by atoms with Crippen LogP contribution in [0.4, 0.5) is 0 Å². The Bertz CT molecular complexity index is 1140. The van der Waals surface area contributed by atoms with E-state index in [1.807, 2.05) is 35.9 Å². The second kappa shape index (κ2) is 6.00. The first kappa shape index (κ1) is 15.8. The molecule has 0 fully saturated rings. The highest BCUT2D eigenvalue weighted by molar-refractivity contribution is 6.09. The Morgan fingerprint density at radius 3 is 2.54 bits per heavy atom. The van der Waals surface area contributed by atoms with Crippen LogP contribution in [-0.2, 0) is 7.05 Å². The molecule has 128 valence electrons. The molecule has 0 unspecified atom stereocenters. The number of nitrogens with one attached hydrogen (secondary N) is 1. The van der Waals surface area contributed by atoms with Crippen molar-refractivity contribution >= 4 is 22.7 Å². The molecule has 0 radical (unpaired) electrons. The second-order valence-corrected chi connectivity index (χ2v) is 6.07. The molecule has 0 aliphatic heterocycles. The number of hydrogen-bond acceptors (Lipinski definition) is 3. The number of fused-ring (bicyclic) bond motifs is 1. The van der Waals surface area contributed by atoms with Gasteiger partial charge in [0.1, 0.15) is 5.52 Å². The number of aromatic amines is 1. The van der Waals surface area contributed by atoms with Gasteiger partial charge >= 0.3 is 0 Å². The minimum atomic E-state index is -0.527. The molecule has 0 spiro atoms. The topological polar surface area (TPSA) is 93.8 Å². The monoisotopic (exact) mass is 344 g/mol. The van der Waals surface area contributed by atoms with Gasteiger partial charge in [0, 0.05) is 24.4 Å². The molecule has 6 heteroatoms. The van der Waals surface area contributed by atoms with E-state index >= 15 is 0 Å². The van der Waals surface area contributed by atoms with E-state index in [-0.39, 0.29) is 5.78 Å². The number of primary amides is 1. The molecule has 1 amide bonds. The highest BCUT2D eigenvalue weighted by Crippen LogP contribution is 2.25. The Labute approximate surface area is 149 Å². The molecule has 0 saturated carbocycles. The van der Waals surface area contributed by atoms with Crippen molar-refractivity contribution in [1.29, 1.82) is 0 Å². The smallest absolute Gasteiger partial charge is 0.250 e. The minimum Gasteiger partial charge on any atom is -0.366 e. The summed E-state index contributed by atoms with van der Waals surface area (Å²) in [6.45, 7) is 0. The number of nitrogens with zero attached hydrogens (tertiary/aromatic N) is 2. The number of carbonyl (C=O) groups excluding carboxylic acids is 2. The van der Waals surface area contributed by atoms with E-state index in [1.54, 1.807) is 36.5 Å². The largest absolute Gasteiger partial charge is 0.366 e. The summed E-state index contributed by atoms with van der Waals surface area (Å²) in [5.41, 5.74) is 8.97. The van der Waals surface area contributed by atoms with Gasteiger partial charge in [-0.1, -0.05) is 36.4 Å². The van der Waals surface area contributed by atoms with Crippen molar-refractivity contribution in [2.45, 2.75) is 0 Å². The van der Waals surface area contributed by atoms with Gasteiger partial charge in [0.15, 0.2) is 11.6 Å². The number of ketones is 1. The van der Waals surface area contributed by atoms with Crippen LogP contribution in [0, 0.1) is 0 Å². The Hall–Kier alpha value is -3.67. The fourth-order valence-electron chi connectivity index (χ4n) is 3.03. The van der Waals surface area contributed by atoms with E-state index in [0.717, 1.165) is 5.69 Å². The molecular weight excluding hydrogens is 328 g/mol. The highest BCUT2D eigenvalue weighted by atomic mass is 16.1. The van der Waals surface area contributed by atoms with Crippen LogP contribution < -0.4 is 5.73 Å². The first-order chi connectivity index (χ1) is 12.5. The van der Waals surface area contributed by atoms with E-state index in [0.29, 0.717) is 33.5 Å². The van der Waals surface area contributed by atoms with Crippen LogP contribution in [0.15, 0.2) is 60.8 Å². The van der Waals surface area contributed by atoms with E-state index < -0.39 is 5.91 Å². The highest BCUT2D eigenvalue weighted by Gasteiger charge is 2.17. The normalized spacial score (nSPS) is 11.0. The van der Waals surface area contributed by atoms with Gasteiger partial charge in [-0.25, -0.2) is 4.98 Å². The average molecular weight is 344 g/mol. The zero-order valence-electron chi connectivity index (χ0n) is 14.1. The predicted octanol–water partition coefficient (Wildman–Crippen LogP) is 2.90. The number of hydrogen-bond donors (Lipinski definition) is 2. The molecule has 0 saturated heterocycles. The number of carbonyl (C=O) groups is 2. The van der Waals surface area contributed by atoms with Crippen molar-refractivity contribution in [1.82, 2.24) is 14.5 Å². The maximum Gasteiger partial charge on any atom is 0.250 e. The molecular formula is C20H16N4O2. The predicted molar refractivity (Wildman–Crippen MR) is 98.9 cm³/mol. The standard InChI is InChI=1S/C20H16N4O2/c1-24-11-13(18(25)12-6-3-2-4-7-12)10-16(24)20-22-15-9-5-8-14(19(21)26)17(15)23-20/h2-11H,1H3,(H2,21,26)(H,22,23). The van der Waals surface area contributed by atoms with Crippen LogP contribution in [0.1, 0.15) is 26.3 Å². The van der Waals surface area contributed by atoms with Gasteiger partial charge in [0.05, 0.1) is 16.8 Å². The average Bonchev–Trinajstić information content (AvgIpc) is 3.24. The fraction of sp³-hybridized carbons (Fsp3) is 0.0500. The number of nitrogens with two attached hydrogens (primary N) is 1. The van der Waals surface area contributed by atoms with Crippen LogP contribution in [-0.4, -0.2) is 26.2 Å². The maximum atomic E-state index is 12.7. The van der Waals surface area contributed by atoms with E-state index in [2.05, 4.69) is 9.97 Å². The molecule has 6 nitrogen and oxygen atoms in total. The Morgan fingerprint density at radius 2 is 1.81 bits per heavy atom. The van der Waals surface area contributed by atoms with Crippen molar-refractivity contribution in [3.63, 3.8) is 0 Å². The third-order valence-electron chi connectivity index (χ3n) is 4.32. The Morgan fingerprint density at radius 1 is 1.04 bits per heavy atom. The number of benzene rings is 2. The van der Waals surface area contributed by atoms with Crippen molar-refractivity contribution in [3.8, 4) is 11.5 Å². The first-order valence-corrected chi connectivity index (χ1v) is 8.09. The number of aryl methyl sites for hydroxylation is 1. The minimum absolute atomic E-state index is 0.0543. The molecule has 4 aromatic rings. The molecule has 2 heterocycles. The number of amides is 1. The van der Waals surface area contributed by atoms with Crippen LogP contribution >= 0.6 is 0 Å². The lowest BCUT2D eigenvalue weighted by molar-refractivity contribution is 0.1000. The fourth-order valence-corrected chi connectivity index (χ4v) is 3.03. The zero-order valence-corrected chi connectivity index (χ0v) is 14.1. The van der Waals surface area contributed by atoms with Crippen molar-refractivity contribution in [3.05, 3.63) is 77.5 Å². The number of para-hydroxylation sites is 1. The summed E-state index contributed by atoms with van der Waals surface area (Å²) in [5.74, 6) is -0.00910. The van der Waals surface area contributed by atoms with Crippen LogP contribution in [0.5, 0.6) is 0 Å². The van der Waals surface area contributed by atoms with Gasteiger partial charge in [-0.3, -0.25) is 9.59 Å². The lowest BCUT2D eigenvalue weighted by Gasteiger charge is -1.97.